The van der Waals surface area contributed by atoms with E-state index in [0.717, 1.165) is 12.1 Å². The molecular formula is C32H33O15+. The third kappa shape index (κ3) is 6.92. The van der Waals surface area contributed by atoms with E-state index in [-0.39, 0.29) is 57.3 Å². The van der Waals surface area contributed by atoms with Crippen molar-refractivity contribution in [2.45, 2.75) is 36.8 Å². The Labute approximate surface area is 266 Å². The van der Waals surface area contributed by atoms with Gasteiger partial charge in [-0.3, -0.25) is 0 Å². The molecule has 0 bridgehead atoms. The molecule has 2 unspecified atom stereocenters. The molecule has 0 spiro atoms. The Morgan fingerprint density at radius 1 is 0.872 bits per heavy atom. The maximum atomic E-state index is 12.4. The monoisotopic (exact) mass is 657 g/mol. The standard InChI is InChI=1S/C32H32O15/c1-42-22-8-15(9-23(43-2)27(22)38)31-24(12-17-19(35)10-16(33)11-21(17)45-31)46-32-30(41)29(40)28(39)25(47-32)13-44-26(37)6-4-14-3-5-18(34)20(36)7-14/h3-12,25,28-36,38-41H,13H2,1-2H3/p+1/b6-4+/t25-,28-,29+,30-,31?,32?/m1/s1. The van der Waals surface area contributed by atoms with Gasteiger partial charge in [0.1, 0.15) is 48.1 Å². The minimum Gasteiger partial charge on any atom is -0.571 e. The molecule has 9 N–H and O–H groups in total. The van der Waals surface area contributed by atoms with Crippen LogP contribution in [0.3, 0.4) is 0 Å². The SMILES string of the molecule is COc1cc(C2[OH+]c3cc(O)cc(O)c3C=C2OC2O[C@H](COC(=O)/C=C/c3ccc(O)c(O)c3)[C@@H](O)[C@H](O)[C@H]2O)cc(OC)c1O. The lowest BCUT2D eigenvalue weighted by molar-refractivity contribution is -0.296. The molecule has 15 heteroatoms. The molecule has 3 aromatic carbocycles. The van der Waals surface area contributed by atoms with Gasteiger partial charge in [-0.2, -0.15) is 0 Å². The predicted molar refractivity (Wildman–Crippen MR) is 161 cm³/mol. The second kappa shape index (κ2) is 13.6. The van der Waals surface area contributed by atoms with Crippen molar-refractivity contribution in [1.82, 2.24) is 0 Å². The molecule has 0 aliphatic carbocycles. The molecule has 0 saturated carbocycles. The third-order valence-corrected chi connectivity index (χ3v) is 7.49. The van der Waals surface area contributed by atoms with Crippen molar-refractivity contribution in [3.05, 3.63) is 71.0 Å². The van der Waals surface area contributed by atoms with Crippen LogP contribution in [0.25, 0.3) is 12.2 Å². The Kier molecular flexibility index (Phi) is 9.53. The first kappa shape index (κ1) is 33.0. The summed E-state index contributed by atoms with van der Waals surface area (Å²) in [7, 11) is 2.66. The third-order valence-electron chi connectivity index (χ3n) is 7.49. The highest BCUT2D eigenvalue weighted by molar-refractivity contribution is 5.87. The van der Waals surface area contributed by atoms with Crippen LogP contribution in [-0.2, 0) is 19.0 Å². The van der Waals surface area contributed by atoms with Crippen LogP contribution in [0.4, 0.5) is 0 Å². The molecule has 2 aliphatic heterocycles. The molecule has 3 aromatic rings. The molecule has 0 aromatic heterocycles. The normalized spacial score (nSPS) is 23.7. The van der Waals surface area contributed by atoms with E-state index in [9.17, 15) is 45.6 Å². The molecule has 1 saturated heterocycles. The number of aromatic hydroxyl groups is 6. The highest BCUT2D eigenvalue weighted by Gasteiger charge is 2.47. The Morgan fingerprint density at radius 2 is 1.57 bits per heavy atom. The summed E-state index contributed by atoms with van der Waals surface area (Å²) >= 11 is 0. The van der Waals surface area contributed by atoms with E-state index in [4.69, 9.17) is 23.7 Å². The first-order valence-electron chi connectivity index (χ1n) is 14.1. The van der Waals surface area contributed by atoms with Crippen molar-refractivity contribution in [1.29, 1.82) is 0 Å². The average molecular weight is 658 g/mol. The second-order valence-corrected chi connectivity index (χ2v) is 10.6. The van der Waals surface area contributed by atoms with E-state index in [1.807, 2.05) is 0 Å². The highest BCUT2D eigenvalue weighted by Crippen LogP contribution is 2.48. The van der Waals surface area contributed by atoms with Crippen LogP contribution in [0.2, 0.25) is 0 Å². The summed E-state index contributed by atoms with van der Waals surface area (Å²) in [5, 5.41) is 82.1. The van der Waals surface area contributed by atoms with Gasteiger partial charge in [-0.05, 0) is 35.9 Å². The number of aliphatic hydroxyl groups is 4. The Hall–Kier alpha value is -5.35. The summed E-state index contributed by atoms with van der Waals surface area (Å²) in [6.45, 7) is -0.573. The lowest BCUT2D eigenvalue weighted by atomic mass is 9.98. The molecule has 0 radical (unpaired) electrons. The van der Waals surface area contributed by atoms with Crippen LogP contribution in [-0.4, -0.2) is 103 Å². The van der Waals surface area contributed by atoms with Gasteiger partial charge in [0.15, 0.2) is 28.8 Å². The van der Waals surface area contributed by atoms with Gasteiger partial charge in [0, 0.05) is 18.2 Å². The summed E-state index contributed by atoms with van der Waals surface area (Å²) in [6.07, 6.45) is -5.69. The molecule has 1 fully saturated rings. The smallest absolute Gasteiger partial charge is 0.330 e. The van der Waals surface area contributed by atoms with Crippen LogP contribution in [0, 0.1) is 0 Å². The van der Waals surface area contributed by atoms with E-state index in [0.29, 0.717) is 11.1 Å². The van der Waals surface area contributed by atoms with Gasteiger partial charge >= 0.3 is 5.97 Å². The molecule has 250 valence electrons. The molecule has 0 amide bonds. The second-order valence-electron chi connectivity index (χ2n) is 10.6. The van der Waals surface area contributed by atoms with Gasteiger partial charge in [-0.15, -0.1) is 0 Å². The summed E-state index contributed by atoms with van der Waals surface area (Å²) in [6, 6.07) is 9.18. The van der Waals surface area contributed by atoms with Gasteiger partial charge in [-0.25, -0.2) is 4.79 Å². The zero-order valence-corrected chi connectivity index (χ0v) is 24.9. The van der Waals surface area contributed by atoms with Gasteiger partial charge < -0.3 is 69.3 Å². The number of fused-ring (bicyclic) bond motifs is 1. The van der Waals surface area contributed by atoms with Gasteiger partial charge in [0.25, 0.3) is 11.9 Å². The van der Waals surface area contributed by atoms with E-state index in [1.165, 1.54) is 62.8 Å². The summed E-state index contributed by atoms with van der Waals surface area (Å²) in [5.74, 6) is -2.28. The fourth-order valence-corrected chi connectivity index (χ4v) is 5.00. The minimum atomic E-state index is -1.81. The van der Waals surface area contributed by atoms with Crippen molar-refractivity contribution >= 4 is 18.1 Å². The zero-order chi connectivity index (χ0) is 34.0. The zero-order valence-electron chi connectivity index (χ0n) is 24.9. The average Bonchev–Trinajstić information content (AvgIpc) is 3.05. The molecule has 15 nitrogen and oxygen atoms in total. The highest BCUT2D eigenvalue weighted by atomic mass is 16.7. The van der Waals surface area contributed by atoms with Crippen LogP contribution in [0.5, 0.6) is 46.0 Å². The summed E-state index contributed by atoms with van der Waals surface area (Å²) < 4.78 is 32.0. The molecule has 47 heavy (non-hydrogen) atoms. The fourth-order valence-electron chi connectivity index (χ4n) is 5.00. The number of carbonyl (C=O) groups is 1. The first-order chi connectivity index (χ1) is 22.4. The first-order valence-corrected chi connectivity index (χ1v) is 14.1. The van der Waals surface area contributed by atoms with E-state index >= 15 is 0 Å². The Morgan fingerprint density at radius 3 is 2.23 bits per heavy atom. The topological polar surface area (TPSA) is 238 Å². The van der Waals surface area contributed by atoms with Crippen molar-refractivity contribution < 1.29 is 74.1 Å². The van der Waals surface area contributed by atoms with Crippen molar-refractivity contribution in [3.8, 4) is 46.0 Å². The summed E-state index contributed by atoms with van der Waals surface area (Å²) in [4.78, 5) is 12.4. The number of hydrogen-bond donors (Lipinski definition) is 8. The largest absolute Gasteiger partial charge is 0.571 e. The number of ether oxygens (including phenoxy) is 6. The maximum absolute atomic E-state index is 12.4. The van der Waals surface area contributed by atoms with E-state index < -0.39 is 49.4 Å². The van der Waals surface area contributed by atoms with E-state index in [1.54, 1.807) is 0 Å². The number of phenols is 5. The van der Waals surface area contributed by atoms with Crippen molar-refractivity contribution in [2.24, 2.45) is 0 Å². The van der Waals surface area contributed by atoms with Crippen molar-refractivity contribution in [2.75, 3.05) is 20.8 Å². The van der Waals surface area contributed by atoms with Crippen LogP contribution in [0.1, 0.15) is 22.8 Å². The number of benzene rings is 3. The van der Waals surface area contributed by atoms with Crippen LogP contribution >= 0.6 is 0 Å². The van der Waals surface area contributed by atoms with Crippen LogP contribution in [0.15, 0.2) is 54.3 Å². The molecule has 2 aliphatic rings. The van der Waals surface area contributed by atoms with E-state index in [2.05, 4.69) is 4.74 Å². The number of esters is 1. The van der Waals surface area contributed by atoms with Crippen molar-refractivity contribution in [3.63, 3.8) is 0 Å². The Balaban J connectivity index is 1.39. The van der Waals surface area contributed by atoms with Gasteiger partial charge in [-0.1, -0.05) is 6.07 Å². The number of carbonyl (C=O) groups excluding carboxylic acids is 1. The fraction of sp³-hybridized carbons (Fsp3) is 0.281. The summed E-state index contributed by atoms with van der Waals surface area (Å²) in [5.41, 5.74) is 0.879. The number of methoxy groups -OCH3 is 2. The van der Waals surface area contributed by atoms with Gasteiger partial charge in [0.2, 0.25) is 12.0 Å². The number of hydrogen-bond acceptors (Lipinski definition) is 14. The molecule has 5 rings (SSSR count). The predicted octanol–water partition coefficient (Wildman–Crippen LogP) is 1.65. The Bertz CT molecular complexity index is 1670. The number of phenolic OH excluding ortho intramolecular Hbond substituents is 5. The quantitative estimate of drug-likeness (QED) is 0.0707. The molecule has 6 atom stereocenters. The number of aliphatic hydroxyl groups excluding tert-OH is 3. The van der Waals surface area contributed by atoms with Gasteiger partial charge in [0.05, 0.1) is 25.8 Å². The number of rotatable bonds is 9. The lowest BCUT2D eigenvalue weighted by Crippen LogP contribution is -2.59. The minimum absolute atomic E-state index is 0.0308. The maximum Gasteiger partial charge on any atom is 0.330 e. The molecule has 2 heterocycles. The lowest BCUT2D eigenvalue weighted by Gasteiger charge is -2.40. The molecular weight excluding hydrogens is 624 g/mol. The van der Waals surface area contributed by atoms with Crippen LogP contribution < -0.4 is 9.47 Å².